The molecule has 8 rings (SSSR count). The van der Waals surface area contributed by atoms with Crippen LogP contribution in [0.4, 0.5) is 0 Å². The van der Waals surface area contributed by atoms with E-state index in [-0.39, 0.29) is 52.0 Å². The Bertz CT molecular complexity index is 1940. The number of hydrogen-bond donors (Lipinski definition) is 0. The molecule has 0 saturated carbocycles. The van der Waals surface area contributed by atoms with E-state index in [1.807, 2.05) is 0 Å². The van der Waals surface area contributed by atoms with E-state index < -0.39 is 40.9 Å². The molecule has 10 nitrogen and oxygen atoms in total. The van der Waals surface area contributed by atoms with Crippen LogP contribution in [0.15, 0.2) is 64.8 Å². The SMILES string of the molecule is CC1=C(C)C(=O)C(C(C)(C)CC(=O)Oc2ccc3c4c2C(=O)[C@H]2O[C@H]2[C@]42Oc4cccc5c4[C@](C=CC5=O)(O3)O2)=C(C)C1=O. The minimum absolute atomic E-state index is 0.0337. The van der Waals surface area contributed by atoms with E-state index in [4.69, 9.17) is 23.7 Å². The van der Waals surface area contributed by atoms with Gasteiger partial charge in [-0.25, -0.2) is 0 Å². The van der Waals surface area contributed by atoms with Crippen molar-refractivity contribution in [3.63, 3.8) is 0 Å². The van der Waals surface area contributed by atoms with E-state index in [9.17, 15) is 24.0 Å². The van der Waals surface area contributed by atoms with Crippen LogP contribution in [-0.2, 0) is 35.4 Å². The lowest BCUT2D eigenvalue weighted by Gasteiger charge is -2.52. The molecule has 1 fully saturated rings. The maximum atomic E-state index is 13.6. The summed E-state index contributed by atoms with van der Waals surface area (Å²) in [5, 5.41) is 0. The van der Waals surface area contributed by atoms with E-state index in [1.165, 1.54) is 18.2 Å². The minimum Gasteiger partial charge on any atom is -0.454 e. The summed E-state index contributed by atoms with van der Waals surface area (Å²) in [4.78, 5) is 65.8. The van der Waals surface area contributed by atoms with E-state index >= 15 is 0 Å². The van der Waals surface area contributed by atoms with Crippen LogP contribution in [0.1, 0.15) is 72.9 Å². The van der Waals surface area contributed by atoms with Crippen molar-refractivity contribution < 1.29 is 47.7 Å². The first-order valence-corrected chi connectivity index (χ1v) is 14.3. The first-order valence-electron chi connectivity index (χ1n) is 14.3. The zero-order valence-corrected chi connectivity index (χ0v) is 24.5. The average molecular weight is 595 g/mol. The molecule has 44 heavy (non-hydrogen) atoms. The molecule has 1 saturated heterocycles. The molecule has 4 atom stereocenters. The molecular formula is C34H26O10. The zero-order chi connectivity index (χ0) is 31.1. The number of ether oxygens (including phenoxy) is 5. The van der Waals surface area contributed by atoms with Gasteiger partial charge in [-0.1, -0.05) is 26.0 Å². The lowest BCUT2D eigenvalue weighted by Crippen LogP contribution is -2.60. The molecule has 0 N–H and O–H groups in total. The Hall–Kier alpha value is -4.67. The number of allylic oxidation sites excluding steroid dienone is 5. The van der Waals surface area contributed by atoms with Gasteiger partial charge < -0.3 is 18.9 Å². The first kappa shape index (κ1) is 26.9. The number of carbonyl (C=O) groups is 5. The monoisotopic (exact) mass is 594 g/mol. The number of ketones is 4. The van der Waals surface area contributed by atoms with Gasteiger partial charge in [-0.2, -0.15) is 0 Å². The van der Waals surface area contributed by atoms with Crippen molar-refractivity contribution in [2.24, 2.45) is 5.41 Å². The largest absolute Gasteiger partial charge is 0.454 e. The summed E-state index contributed by atoms with van der Waals surface area (Å²) in [6, 6.07) is 8.09. The minimum atomic E-state index is -1.61. The fourth-order valence-electron chi connectivity index (χ4n) is 7.25. The van der Waals surface area contributed by atoms with Crippen molar-refractivity contribution in [2.75, 3.05) is 0 Å². The van der Waals surface area contributed by atoms with Crippen LogP contribution in [0.25, 0.3) is 0 Å². The molecule has 6 aliphatic rings. The summed E-state index contributed by atoms with van der Waals surface area (Å²) in [6.45, 7) is 8.22. The number of benzene rings is 2. The molecule has 3 aliphatic heterocycles. The topological polar surface area (TPSA) is 135 Å². The van der Waals surface area contributed by atoms with E-state index in [0.717, 1.165) is 0 Å². The van der Waals surface area contributed by atoms with Gasteiger partial charge in [0.25, 0.3) is 11.6 Å². The molecule has 2 bridgehead atoms. The highest BCUT2D eigenvalue weighted by molar-refractivity contribution is 6.25. The molecule has 2 spiro atoms. The van der Waals surface area contributed by atoms with Gasteiger partial charge in [0.2, 0.25) is 0 Å². The third-order valence-electron chi connectivity index (χ3n) is 9.44. The molecule has 3 heterocycles. The van der Waals surface area contributed by atoms with Crippen molar-refractivity contribution in [1.82, 2.24) is 0 Å². The summed E-state index contributed by atoms with van der Waals surface area (Å²) in [6.07, 6.45) is 0.973. The Balaban J connectivity index is 1.18. The fourth-order valence-corrected chi connectivity index (χ4v) is 7.25. The standard InChI is InChI=1S/C34H26O10/c1-14-15(2)28(38)24(16(3)27(14)37)32(4,5)13-22(36)40-19-9-10-21-26-23(19)29(39)30-31(41-30)34(26)43-20-8-6-7-17-18(35)11-12-33(42-21,44-34)25(17)20/h6-12,30-31H,13H2,1-5H3/t30-,31-,33-,34+/m1/s1. The van der Waals surface area contributed by atoms with Gasteiger partial charge in [-0.05, 0) is 51.1 Å². The van der Waals surface area contributed by atoms with Crippen molar-refractivity contribution in [2.45, 2.75) is 64.8 Å². The third kappa shape index (κ3) is 3.24. The molecule has 0 radical (unpaired) electrons. The molecule has 10 heteroatoms. The molecule has 2 aromatic carbocycles. The maximum Gasteiger partial charge on any atom is 0.312 e. The quantitative estimate of drug-likeness (QED) is 0.218. The van der Waals surface area contributed by atoms with Gasteiger partial charge in [-0.15, -0.1) is 0 Å². The van der Waals surface area contributed by atoms with Gasteiger partial charge in [0.15, 0.2) is 35.3 Å². The van der Waals surface area contributed by atoms with Crippen LogP contribution in [0.2, 0.25) is 0 Å². The third-order valence-corrected chi connectivity index (χ3v) is 9.44. The molecule has 222 valence electrons. The van der Waals surface area contributed by atoms with Gasteiger partial charge in [0.1, 0.15) is 17.2 Å². The van der Waals surface area contributed by atoms with Gasteiger partial charge >= 0.3 is 5.97 Å². The van der Waals surface area contributed by atoms with Gasteiger partial charge in [0.05, 0.1) is 23.1 Å². The highest BCUT2D eigenvalue weighted by atomic mass is 16.8. The average Bonchev–Trinajstić information content (AvgIpc) is 3.79. The number of esters is 1. The van der Waals surface area contributed by atoms with Crippen LogP contribution in [0.5, 0.6) is 17.2 Å². The van der Waals surface area contributed by atoms with Crippen molar-refractivity contribution in [3.8, 4) is 17.2 Å². The van der Waals surface area contributed by atoms with Crippen LogP contribution in [0, 0.1) is 5.41 Å². The summed E-state index contributed by atoms with van der Waals surface area (Å²) < 4.78 is 31.1. The summed E-state index contributed by atoms with van der Waals surface area (Å²) in [5.74, 6) is -4.39. The van der Waals surface area contributed by atoms with Crippen molar-refractivity contribution >= 4 is 29.1 Å². The Labute approximate surface area is 251 Å². The molecular weight excluding hydrogens is 568 g/mol. The second-order valence-corrected chi connectivity index (χ2v) is 12.6. The Morgan fingerprint density at radius 3 is 2.41 bits per heavy atom. The lowest BCUT2D eigenvalue weighted by atomic mass is 9.71. The van der Waals surface area contributed by atoms with E-state index in [0.29, 0.717) is 33.6 Å². The Morgan fingerprint density at radius 2 is 1.64 bits per heavy atom. The highest BCUT2D eigenvalue weighted by Gasteiger charge is 2.74. The van der Waals surface area contributed by atoms with Gasteiger partial charge in [-0.3, -0.25) is 28.7 Å². The molecule has 2 aromatic rings. The second kappa shape index (κ2) is 8.28. The van der Waals surface area contributed by atoms with Crippen LogP contribution >= 0.6 is 0 Å². The number of hydrogen-bond acceptors (Lipinski definition) is 10. The molecule has 3 aliphatic carbocycles. The lowest BCUT2D eigenvalue weighted by molar-refractivity contribution is -0.345. The summed E-state index contributed by atoms with van der Waals surface area (Å²) in [5.41, 5.74) is 1.33. The normalized spacial score (nSPS) is 29.0. The zero-order valence-electron chi connectivity index (χ0n) is 24.5. The molecule has 0 aromatic heterocycles. The van der Waals surface area contributed by atoms with Crippen molar-refractivity contribution in [1.29, 1.82) is 0 Å². The predicted octanol–water partition coefficient (Wildman–Crippen LogP) is 4.34. The predicted molar refractivity (Wildman–Crippen MR) is 150 cm³/mol. The van der Waals surface area contributed by atoms with Crippen molar-refractivity contribution in [3.05, 3.63) is 87.0 Å². The van der Waals surface area contributed by atoms with E-state index in [1.54, 1.807) is 58.9 Å². The number of fused-ring (bicyclic) bond motifs is 1. The van der Waals surface area contributed by atoms with Gasteiger partial charge in [0, 0.05) is 33.3 Å². The summed E-state index contributed by atoms with van der Waals surface area (Å²) in [7, 11) is 0. The van der Waals surface area contributed by atoms with E-state index in [2.05, 4.69) is 0 Å². The Kier molecular flexibility index (Phi) is 5.06. The number of carbonyl (C=O) groups excluding carboxylic acids is 5. The molecule has 0 unspecified atom stereocenters. The number of epoxide rings is 1. The molecule has 0 amide bonds. The van der Waals surface area contributed by atoms with Crippen LogP contribution in [-0.4, -0.2) is 41.3 Å². The summed E-state index contributed by atoms with van der Waals surface area (Å²) >= 11 is 0. The number of rotatable bonds is 4. The second-order valence-electron chi connectivity index (χ2n) is 12.6. The number of Topliss-reactive ketones (excluding diaryl/α,β-unsaturated/α-hetero) is 3. The van der Waals surface area contributed by atoms with Crippen LogP contribution < -0.4 is 14.2 Å². The fraction of sp³-hybridized carbons (Fsp3) is 0.324. The maximum absolute atomic E-state index is 13.6. The highest BCUT2D eigenvalue weighted by Crippen LogP contribution is 2.64. The Morgan fingerprint density at radius 1 is 0.909 bits per heavy atom. The first-order chi connectivity index (χ1) is 20.8. The smallest absolute Gasteiger partial charge is 0.312 e. The van der Waals surface area contributed by atoms with Crippen LogP contribution in [0.3, 0.4) is 0 Å².